The molecule has 0 heterocycles. The number of nitrogens with zero attached hydrogens (tertiary/aromatic N) is 1. The summed E-state index contributed by atoms with van der Waals surface area (Å²) in [5, 5.41) is 6.83. The van der Waals surface area contributed by atoms with Crippen LogP contribution in [0.25, 0.3) is 0 Å². The van der Waals surface area contributed by atoms with Crippen molar-refractivity contribution in [3.63, 3.8) is 0 Å². The van der Waals surface area contributed by atoms with Crippen LogP contribution in [0.15, 0.2) is 65.8 Å². The summed E-state index contributed by atoms with van der Waals surface area (Å²) in [5.41, 5.74) is 9.56. The lowest BCUT2D eigenvalue weighted by molar-refractivity contribution is -0.113. The van der Waals surface area contributed by atoms with Crippen molar-refractivity contribution < 1.29 is 9.59 Å². The Labute approximate surface area is 144 Å². The fourth-order valence-corrected chi connectivity index (χ4v) is 2.68. The van der Waals surface area contributed by atoms with Crippen LogP contribution >= 0.6 is 11.8 Å². The van der Waals surface area contributed by atoms with Crippen LogP contribution in [0, 0.1) is 0 Å². The van der Waals surface area contributed by atoms with Gasteiger partial charge in [0.2, 0.25) is 5.91 Å². The predicted octanol–water partition coefficient (Wildman–Crippen LogP) is 2.43. The number of benzene rings is 2. The zero-order chi connectivity index (χ0) is 17.2. The van der Waals surface area contributed by atoms with E-state index in [0.29, 0.717) is 11.5 Å². The number of amides is 3. The minimum Gasteiger partial charge on any atom is -0.350 e. The van der Waals surface area contributed by atoms with E-state index >= 15 is 0 Å². The number of primary amides is 1. The quantitative estimate of drug-likeness (QED) is 0.532. The van der Waals surface area contributed by atoms with Crippen LogP contribution in [0.3, 0.4) is 0 Å². The number of hydrogen-bond donors (Lipinski definition) is 3. The molecule has 0 saturated heterocycles. The number of urea groups is 1. The first-order valence-corrected chi connectivity index (χ1v) is 8.40. The summed E-state index contributed by atoms with van der Waals surface area (Å²) in [5.74, 6) is 0.644. The first-order valence-electron chi connectivity index (χ1n) is 7.25. The van der Waals surface area contributed by atoms with E-state index in [1.54, 1.807) is 0 Å². The third-order valence-corrected chi connectivity index (χ3v) is 3.88. The Morgan fingerprint density at radius 3 is 2.21 bits per heavy atom. The lowest BCUT2D eigenvalue weighted by Crippen LogP contribution is -2.26. The molecule has 0 aliphatic carbocycles. The highest BCUT2D eigenvalue weighted by Crippen LogP contribution is 2.10. The van der Waals surface area contributed by atoms with Crippen molar-refractivity contribution in [2.75, 3.05) is 16.8 Å². The van der Waals surface area contributed by atoms with E-state index in [0.717, 1.165) is 11.3 Å². The number of carbonyl (C=O) groups excluding carboxylic acids is 2. The van der Waals surface area contributed by atoms with Gasteiger partial charge in [0, 0.05) is 11.4 Å². The zero-order valence-corrected chi connectivity index (χ0v) is 13.8. The molecule has 6 nitrogen and oxygen atoms in total. The smallest absolute Gasteiger partial charge is 0.332 e. The standard InChI is InChI=1S/C17H18N4O2S/c18-17(23)21-20-15(13-7-3-1-4-8-13)11-24-12-16(22)19-14-9-5-2-6-10-14/h1-10H,11-12H2,(H,19,22)(H3,18,21,23)/b20-15-. The molecule has 124 valence electrons. The molecule has 3 amide bonds. The van der Waals surface area contributed by atoms with Gasteiger partial charge in [-0.25, -0.2) is 10.2 Å². The van der Waals surface area contributed by atoms with Crippen LogP contribution in [0.4, 0.5) is 10.5 Å². The van der Waals surface area contributed by atoms with Gasteiger partial charge in [-0.05, 0) is 17.7 Å². The molecule has 0 saturated carbocycles. The Kier molecular flexibility index (Phi) is 6.85. The molecule has 0 radical (unpaired) electrons. The minimum atomic E-state index is -0.727. The molecule has 2 rings (SSSR count). The van der Waals surface area contributed by atoms with E-state index in [1.165, 1.54) is 11.8 Å². The molecule has 0 spiro atoms. The monoisotopic (exact) mass is 342 g/mol. The van der Waals surface area contributed by atoms with Gasteiger partial charge in [0.25, 0.3) is 0 Å². The fourth-order valence-electron chi connectivity index (χ4n) is 1.89. The molecule has 4 N–H and O–H groups in total. The summed E-state index contributed by atoms with van der Waals surface area (Å²) in [6.45, 7) is 0. The van der Waals surface area contributed by atoms with Crippen LogP contribution < -0.4 is 16.5 Å². The van der Waals surface area contributed by atoms with Gasteiger partial charge in [-0.15, -0.1) is 11.8 Å². The summed E-state index contributed by atoms with van der Waals surface area (Å²) in [7, 11) is 0. The predicted molar refractivity (Wildman–Crippen MR) is 98.1 cm³/mol. The number of thioether (sulfide) groups is 1. The van der Waals surface area contributed by atoms with Crippen molar-refractivity contribution >= 4 is 35.1 Å². The third-order valence-electron chi connectivity index (χ3n) is 2.94. The van der Waals surface area contributed by atoms with Crippen molar-refractivity contribution in [3.8, 4) is 0 Å². The number of rotatable bonds is 7. The number of nitrogens with one attached hydrogen (secondary N) is 2. The highest BCUT2D eigenvalue weighted by Gasteiger charge is 2.07. The third kappa shape index (κ3) is 6.13. The molecule has 0 aliphatic rings. The molecule has 2 aromatic rings. The zero-order valence-electron chi connectivity index (χ0n) is 12.9. The summed E-state index contributed by atoms with van der Waals surface area (Å²) in [4.78, 5) is 22.8. The van der Waals surface area contributed by atoms with Crippen molar-refractivity contribution in [1.29, 1.82) is 0 Å². The van der Waals surface area contributed by atoms with Gasteiger partial charge in [0.15, 0.2) is 0 Å². The Morgan fingerprint density at radius 1 is 0.958 bits per heavy atom. The molecule has 0 aliphatic heterocycles. The van der Waals surface area contributed by atoms with Gasteiger partial charge in [0.05, 0.1) is 11.5 Å². The van der Waals surface area contributed by atoms with E-state index < -0.39 is 6.03 Å². The topological polar surface area (TPSA) is 96.6 Å². The average Bonchev–Trinajstić information content (AvgIpc) is 2.59. The maximum absolute atomic E-state index is 11.9. The van der Waals surface area contributed by atoms with Crippen molar-refractivity contribution in [1.82, 2.24) is 5.43 Å². The van der Waals surface area contributed by atoms with Crippen LogP contribution in [-0.4, -0.2) is 29.2 Å². The molecule has 0 aromatic heterocycles. The Bertz CT molecular complexity index is 705. The molecule has 0 bridgehead atoms. The number of anilines is 1. The van der Waals surface area contributed by atoms with Crippen LogP contribution in [0.5, 0.6) is 0 Å². The fraction of sp³-hybridized carbons (Fsp3) is 0.118. The van der Waals surface area contributed by atoms with Gasteiger partial charge in [-0.2, -0.15) is 5.10 Å². The van der Waals surface area contributed by atoms with Crippen LogP contribution in [-0.2, 0) is 4.79 Å². The van der Waals surface area contributed by atoms with Crippen molar-refractivity contribution in [3.05, 3.63) is 66.2 Å². The molecule has 0 atom stereocenters. The number of carbonyl (C=O) groups is 2. The molecule has 2 aromatic carbocycles. The largest absolute Gasteiger partial charge is 0.350 e. The second-order valence-electron chi connectivity index (χ2n) is 4.81. The maximum atomic E-state index is 11.9. The molecular weight excluding hydrogens is 324 g/mol. The molecule has 0 fully saturated rings. The highest BCUT2D eigenvalue weighted by atomic mass is 32.2. The van der Waals surface area contributed by atoms with Crippen molar-refractivity contribution in [2.24, 2.45) is 10.8 Å². The summed E-state index contributed by atoms with van der Waals surface area (Å²) in [6.07, 6.45) is 0. The highest BCUT2D eigenvalue weighted by molar-refractivity contribution is 8.00. The lowest BCUT2D eigenvalue weighted by Gasteiger charge is -2.08. The summed E-state index contributed by atoms with van der Waals surface area (Å²) >= 11 is 1.40. The molecule has 7 heteroatoms. The van der Waals surface area contributed by atoms with Crippen molar-refractivity contribution in [2.45, 2.75) is 0 Å². The molecule has 0 unspecified atom stereocenters. The number of hydrazone groups is 1. The van der Waals surface area contributed by atoms with E-state index in [2.05, 4.69) is 15.8 Å². The molecular formula is C17H18N4O2S. The number of hydrogen-bond acceptors (Lipinski definition) is 4. The Balaban J connectivity index is 1.89. The normalized spacial score (nSPS) is 10.9. The number of para-hydroxylation sites is 1. The first-order chi connectivity index (χ1) is 11.6. The summed E-state index contributed by atoms with van der Waals surface area (Å²) in [6, 6.07) is 17.9. The van der Waals surface area contributed by atoms with E-state index in [4.69, 9.17) is 5.73 Å². The van der Waals surface area contributed by atoms with Gasteiger partial charge in [-0.1, -0.05) is 48.5 Å². The Morgan fingerprint density at radius 2 is 1.58 bits per heavy atom. The van der Waals surface area contributed by atoms with E-state index in [1.807, 2.05) is 60.7 Å². The first kappa shape index (κ1) is 17.6. The van der Waals surface area contributed by atoms with Crippen LogP contribution in [0.2, 0.25) is 0 Å². The maximum Gasteiger partial charge on any atom is 0.332 e. The Hall–Kier alpha value is -2.80. The van der Waals surface area contributed by atoms with E-state index in [-0.39, 0.29) is 11.7 Å². The second kappa shape index (κ2) is 9.36. The van der Waals surface area contributed by atoms with E-state index in [9.17, 15) is 9.59 Å². The summed E-state index contributed by atoms with van der Waals surface area (Å²) < 4.78 is 0. The number of nitrogens with two attached hydrogens (primary N) is 1. The minimum absolute atomic E-state index is 0.0959. The second-order valence-corrected chi connectivity index (χ2v) is 5.79. The van der Waals surface area contributed by atoms with Gasteiger partial charge in [-0.3, -0.25) is 4.79 Å². The average molecular weight is 342 g/mol. The van der Waals surface area contributed by atoms with Gasteiger partial charge >= 0.3 is 6.03 Å². The lowest BCUT2D eigenvalue weighted by atomic mass is 10.1. The van der Waals surface area contributed by atoms with Crippen LogP contribution in [0.1, 0.15) is 5.56 Å². The van der Waals surface area contributed by atoms with Gasteiger partial charge in [0.1, 0.15) is 0 Å². The van der Waals surface area contributed by atoms with Gasteiger partial charge < -0.3 is 11.1 Å². The SMILES string of the molecule is NC(=O)N/N=C(/CSCC(=O)Nc1ccccc1)c1ccccc1. The molecule has 24 heavy (non-hydrogen) atoms.